The number of methoxy groups -OCH3 is 1. The summed E-state index contributed by atoms with van der Waals surface area (Å²) < 4.78 is 6.54. The Morgan fingerprint density at radius 1 is 0.974 bits per heavy atom. The third-order valence-corrected chi connectivity index (χ3v) is 6.78. The zero-order valence-electron chi connectivity index (χ0n) is 22.2. The number of benzene rings is 3. The first-order chi connectivity index (χ1) is 18.2. The highest BCUT2D eigenvalue weighted by Gasteiger charge is 2.31. The quantitative estimate of drug-likeness (QED) is 0.350. The molecular formula is C31H33N3O4. The molecule has 0 fully saturated rings. The number of fused-ring (bicyclic) bond motifs is 1. The maximum Gasteiger partial charge on any atom is 0.338 e. The minimum Gasteiger partial charge on any atom is -0.465 e. The van der Waals surface area contributed by atoms with Gasteiger partial charge in [-0.05, 0) is 62.2 Å². The van der Waals surface area contributed by atoms with E-state index in [2.05, 4.69) is 0 Å². The molecule has 3 aromatic carbocycles. The van der Waals surface area contributed by atoms with E-state index in [4.69, 9.17) is 10.5 Å². The van der Waals surface area contributed by atoms with Crippen molar-refractivity contribution in [2.45, 2.75) is 32.7 Å². The molecule has 196 valence electrons. The van der Waals surface area contributed by atoms with Crippen LogP contribution in [-0.4, -0.2) is 54.0 Å². The van der Waals surface area contributed by atoms with Gasteiger partial charge in [-0.3, -0.25) is 14.2 Å². The second kappa shape index (κ2) is 11.4. The van der Waals surface area contributed by atoms with E-state index in [-0.39, 0.29) is 11.8 Å². The lowest BCUT2D eigenvalue weighted by atomic mass is 10.0. The summed E-state index contributed by atoms with van der Waals surface area (Å²) in [5.41, 5.74) is 11.0. The van der Waals surface area contributed by atoms with E-state index in [0.717, 1.165) is 22.3 Å². The van der Waals surface area contributed by atoms with Gasteiger partial charge in [0, 0.05) is 30.6 Å². The lowest BCUT2D eigenvalue weighted by Crippen LogP contribution is -2.46. The van der Waals surface area contributed by atoms with Crippen LogP contribution >= 0.6 is 0 Å². The van der Waals surface area contributed by atoms with Crippen LogP contribution in [0.15, 0.2) is 72.9 Å². The Kier molecular flexibility index (Phi) is 8.08. The molecular weight excluding hydrogens is 478 g/mol. The largest absolute Gasteiger partial charge is 0.465 e. The van der Waals surface area contributed by atoms with Gasteiger partial charge in [0.25, 0.3) is 11.8 Å². The highest BCUT2D eigenvalue weighted by Crippen LogP contribution is 2.28. The average Bonchev–Trinajstić information content (AvgIpc) is 3.29. The van der Waals surface area contributed by atoms with Crippen LogP contribution < -0.4 is 5.73 Å². The number of hydrogen-bond acceptors (Lipinski definition) is 5. The number of amides is 1. The van der Waals surface area contributed by atoms with E-state index in [1.54, 1.807) is 36.0 Å². The summed E-state index contributed by atoms with van der Waals surface area (Å²) in [7, 11) is 2.99. The van der Waals surface area contributed by atoms with E-state index < -0.39 is 12.0 Å². The highest BCUT2D eigenvalue weighted by atomic mass is 16.5. The molecule has 0 aliphatic heterocycles. The lowest BCUT2D eigenvalue weighted by Gasteiger charge is -2.28. The standard InChI is InChI=1S/C31H33N3O4/c1-20-15-21(2)17-24(16-20)29(35)33(3)27(18-22-9-6-5-7-10-22)30(36)34-19-23(13-14-32)28-25(31(37)38-4)11-8-12-26(28)34/h5-12,15-17,19,27H,13-14,18,32H2,1-4H3/t27-/m0/s1. The number of likely N-dealkylation sites (N-methyl/N-ethyl adjacent to an activating group) is 1. The van der Waals surface area contributed by atoms with Crippen LogP contribution in [0, 0.1) is 13.8 Å². The van der Waals surface area contributed by atoms with Gasteiger partial charge in [-0.1, -0.05) is 53.6 Å². The minimum atomic E-state index is -0.797. The number of ether oxygens (including phenoxy) is 1. The first kappa shape index (κ1) is 26.8. The summed E-state index contributed by atoms with van der Waals surface area (Å²) in [6.45, 7) is 4.24. The molecule has 2 N–H and O–H groups in total. The fourth-order valence-corrected chi connectivity index (χ4v) is 5.01. The molecule has 7 nitrogen and oxygen atoms in total. The zero-order chi connectivity index (χ0) is 27.4. The predicted octanol–water partition coefficient (Wildman–Crippen LogP) is 4.57. The molecule has 0 spiro atoms. The van der Waals surface area contributed by atoms with Crippen molar-refractivity contribution in [1.29, 1.82) is 0 Å². The maximum absolute atomic E-state index is 14.3. The first-order valence-electron chi connectivity index (χ1n) is 12.6. The second-order valence-electron chi connectivity index (χ2n) is 9.59. The molecule has 0 aliphatic carbocycles. The SMILES string of the molecule is COC(=O)c1cccc2c1c(CCN)cn2C(=O)[C@H](Cc1ccccc1)N(C)C(=O)c1cc(C)cc(C)c1. The topological polar surface area (TPSA) is 94.6 Å². The third kappa shape index (κ3) is 5.38. The Morgan fingerprint density at radius 3 is 2.29 bits per heavy atom. The Bertz CT molecular complexity index is 1470. The molecule has 0 saturated heterocycles. The van der Waals surface area contributed by atoms with Crippen molar-refractivity contribution in [2.75, 3.05) is 20.7 Å². The van der Waals surface area contributed by atoms with Crippen molar-refractivity contribution < 1.29 is 19.1 Å². The molecule has 1 amide bonds. The van der Waals surface area contributed by atoms with Crippen molar-refractivity contribution in [3.8, 4) is 0 Å². The Balaban J connectivity index is 1.83. The number of carbonyl (C=O) groups excluding carboxylic acids is 3. The Morgan fingerprint density at radius 2 is 1.66 bits per heavy atom. The van der Waals surface area contributed by atoms with Gasteiger partial charge < -0.3 is 15.4 Å². The Hall–Kier alpha value is -4.23. The number of carbonyl (C=O) groups is 3. The first-order valence-corrected chi connectivity index (χ1v) is 12.6. The average molecular weight is 512 g/mol. The summed E-state index contributed by atoms with van der Waals surface area (Å²) >= 11 is 0. The molecule has 0 bridgehead atoms. The van der Waals surface area contributed by atoms with Crippen molar-refractivity contribution in [3.05, 3.63) is 106 Å². The molecule has 0 unspecified atom stereocenters. The molecule has 0 radical (unpaired) electrons. The van der Waals surface area contributed by atoms with Crippen molar-refractivity contribution in [2.24, 2.45) is 5.73 Å². The van der Waals surface area contributed by atoms with Gasteiger partial charge in [-0.15, -0.1) is 0 Å². The van der Waals surface area contributed by atoms with Crippen molar-refractivity contribution >= 4 is 28.7 Å². The highest BCUT2D eigenvalue weighted by molar-refractivity contribution is 6.08. The number of nitrogens with two attached hydrogens (primary N) is 1. The number of aryl methyl sites for hydroxylation is 2. The van der Waals surface area contributed by atoms with Crippen molar-refractivity contribution in [3.63, 3.8) is 0 Å². The molecule has 1 aromatic heterocycles. The van der Waals surface area contributed by atoms with Gasteiger partial charge in [0.15, 0.2) is 0 Å². The summed E-state index contributed by atoms with van der Waals surface area (Å²) in [5, 5.41) is 0.639. The molecule has 1 atom stereocenters. The molecule has 0 saturated carbocycles. The Labute approximate surface area is 222 Å². The van der Waals surface area contributed by atoms with Gasteiger partial charge in [0.1, 0.15) is 6.04 Å². The normalized spacial score (nSPS) is 11.8. The van der Waals surface area contributed by atoms with Crippen molar-refractivity contribution in [1.82, 2.24) is 9.47 Å². The van der Waals surface area contributed by atoms with Crippen LogP contribution in [0.25, 0.3) is 10.9 Å². The molecule has 0 aliphatic rings. The van der Waals surface area contributed by atoms with Crippen LogP contribution in [0.5, 0.6) is 0 Å². The number of aromatic nitrogens is 1. The molecule has 1 heterocycles. The number of esters is 1. The molecule has 38 heavy (non-hydrogen) atoms. The van der Waals surface area contributed by atoms with Gasteiger partial charge in [0.2, 0.25) is 0 Å². The van der Waals surface area contributed by atoms with Gasteiger partial charge in [-0.2, -0.15) is 0 Å². The number of rotatable bonds is 8. The van der Waals surface area contributed by atoms with E-state index in [1.165, 1.54) is 12.0 Å². The molecule has 7 heteroatoms. The smallest absolute Gasteiger partial charge is 0.338 e. The summed E-state index contributed by atoms with van der Waals surface area (Å²) in [6, 6.07) is 19.7. The van der Waals surface area contributed by atoms with Crippen LogP contribution in [0.3, 0.4) is 0 Å². The zero-order valence-corrected chi connectivity index (χ0v) is 22.2. The monoisotopic (exact) mass is 511 g/mol. The van der Waals surface area contributed by atoms with E-state index >= 15 is 0 Å². The van der Waals surface area contributed by atoms with E-state index in [0.29, 0.717) is 41.4 Å². The molecule has 4 rings (SSSR count). The number of hydrogen-bond donors (Lipinski definition) is 1. The van der Waals surface area contributed by atoms with Gasteiger partial charge >= 0.3 is 5.97 Å². The predicted molar refractivity (Wildman–Crippen MR) is 149 cm³/mol. The summed E-state index contributed by atoms with van der Waals surface area (Å²) in [6.07, 6.45) is 2.54. The van der Waals surface area contributed by atoms with Crippen LogP contribution in [0.4, 0.5) is 0 Å². The van der Waals surface area contributed by atoms with E-state index in [1.807, 2.05) is 62.4 Å². The molecule has 4 aromatic rings. The van der Waals surface area contributed by atoms with Gasteiger partial charge in [-0.25, -0.2) is 4.79 Å². The third-order valence-electron chi connectivity index (χ3n) is 6.78. The van der Waals surface area contributed by atoms with Gasteiger partial charge in [0.05, 0.1) is 18.2 Å². The fraction of sp³-hybridized carbons (Fsp3) is 0.258. The fourth-order valence-electron chi connectivity index (χ4n) is 5.01. The minimum absolute atomic E-state index is 0.236. The maximum atomic E-state index is 14.3. The van der Waals surface area contributed by atoms with Crippen LogP contribution in [0.2, 0.25) is 0 Å². The van der Waals surface area contributed by atoms with Crippen LogP contribution in [0.1, 0.15) is 47.8 Å². The summed E-state index contributed by atoms with van der Waals surface area (Å²) in [4.78, 5) is 42.0. The van der Waals surface area contributed by atoms with Crippen LogP contribution in [-0.2, 0) is 17.6 Å². The second-order valence-corrected chi connectivity index (χ2v) is 9.59. The number of nitrogens with zero attached hydrogens (tertiary/aromatic N) is 2. The summed E-state index contributed by atoms with van der Waals surface area (Å²) in [5.74, 6) is -0.994. The lowest BCUT2D eigenvalue weighted by molar-refractivity contribution is 0.0602. The van der Waals surface area contributed by atoms with E-state index in [9.17, 15) is 14.4 Å².